The van der Waals surface area contributed by atoms with Crippen LogP contribution in [-0.4, -0.2) is 20.9 Å². The van der Waals surface area contributed by atoms with Crippen molar-refractivity contribution in [2.24, 2.45) is 5.92 Å². The molecule has 5 nitrogen and oxygen atoms in total. The molecule has 174 valence electrons. The van der Waals surface area contributed by atoms with Crippen molar-refractivity contribution in [1.82, 2.24) is 5.32 Å². The van der Waals surface area contributed by atoms with Crippen molar-refractivity contribution in [1.29, 1.82) is 0 Å². The van der Waals surface area contributed by atoms with E-state index in [9.17, 15) is 13.2 Å². The number of carbonyl (C=O) groups is 1. The van der Waals surface area contributed by atoms with E-state index in [0.29, 0.717) is 11.6 Å². The van der Waals surface area contributed by atoms with Gasteiger partial charge in [0.05, 0.1) is 16.6 Å². The van der Waals surface area contributed by atoms with Gasteiger partial charge in [0.25, 0.3) is 10.0 Å². The van der Waals surface area contributed by atoms with Gasteiger partial charge in [-0.3, -0.25) is 9.10 Å². The van der Waals surface area contributed by atoms with Gasteiger partial charge in [0.2, 0.25) is 5.91 Å². The predicted octanol–water partition coefficient (Wildman–Crippen LogP) is 5.40. The van der Waals surface area contributed by atoms with Gasteiger partial charge in [-0.25, -0.2) is 8.42 Å². The van der Waals surface area contributed by atoms with Crippen molar-refractivity contribution in [3.63, 3.8) is 0 Å². The molecule has 1 unspecified atom stereocenters. The zero-order valence-electron chi connectivity index (χ0n) is 19.7. The average Bonchev–Trinajstić information content (AvgIpc) is 2.77. The molecule has 1 atom stereocenters. The van der Waals surface area contributed by atoms with Gasteiger partial charge < -0.3 is 5.32 Å². The van der Waals surface area contributed by atoms with E-state index in [4.69, 9.17) is 0 Å². The van der Waals surface area contributed by atoms with Crippen LogP contribution in [0.5, 0.6) is 0 Å². The molecular formula is C27H32N2O3S. The summed E-state index contributed by atoms with van der Waals surface area (Å²) in [6.45, 7) is 7.70. The highest BCUT2D eigenvalue weighted by molar-refractivity contribution is 7.92. The third kappa shape index (κ3) is 6.45. The Bertz CT molecular complexity index is 1170. The normalized spacial score (nSPS) is 12.4. The molecule has 0 aliphatic heterocycles. The topological polar surface area (TPSA) is 66.5 Å². The standard InChI is InChI=1S/C27H32N2O3S/c1-20(2)17-26(23-10-6-5-7-11-23)28-27(30)19-29(24-12-8-9-22(4)18-24)33(31,32)25-15-13-21(3)14-16-25/h5-16,18,20,26H,17,19H2,1-4H3,(H,28,30). The van der Waals surface area contributed by atoms with Crippen molar-refractivity contribution in [2.75, 3.05) is 10.8 Å². The second-order valence-corrected chi connectivity index (χ2v) is 10.7. The zero-order chi connectivity index (χ0) is 24.0. The molecule has 0 radical (unpaired) electrons. The Morgan fingerprint density at radius 2 is 1.55 bits per heavy atom. The van der Waals surface area contributed by atoms with Crippen molar-refractivity contribution >= 4 is 21.6 Å². The van der Waals surface area contributed by atoms with E-state index in [-0.39, 0.29) is 23.4 Å². The van der Waals surface area contributed by atoms with Gasteiger partial charge in [-0.1, -0.05) is 74.0 Å². The second-order valence-electron chi connectivity index (χ2n) is 8.82. The molecule has 0 spiro atoms. The van der Waals surface area contributed by atoms with Gasteiger partial charge in [-0.15, -0.1) is 0 Å². The average molecular weight is 465 g/mol. The number of aryl methyl sites for hydroxylation is 2. The summed E-state index contributed by atoms with van der Waals surface area (Å²) in [6, 6.07) is 23.5. The summed E-state index contributed by atoms with van der Waals surface area (Å²) in [6.07, 6.45) is 0.755. The third-order valence-electron chi connectivity index (χ3n) is 5.43. The number of amides is 1. The maximum absolute atomic E-state index is 13.6. The number of sulfonamides is 1. The highest BCUT2D eigenvalue weighted by Crippen LogP contribution is 2.26. The monoisotopic (exact) mass is 464 g/mol. The highest BCUT2D eigenvalue weighted by atomic mass is 32.2. The van der Waals surface area contributed by atoms with Crippen molar-refractivity contribution in [3.05, 3.63) is 95.6 Å². The Balaban J connectivity index is 1.92. The van der Waals surface area contributed by atoms with Gasteiger partial charge in [0, 0.05) is 0 Å². The molecule has 0 saturated carbocycles. The summed E-state index contributed by atoms with van der Waals surface area (Å²) < 4.78 is 28.3. The van der Waals surface area contributed by atoms with Crippen molar-refractivity contribution in [3.8, 4) is 0 Å². The van der Waals surface area contributed by atoms with Gasteiger partial charge in [0.15, 0.2) is 0 Å². The maximum atomic E-state index is 13.6. The summed E-state index contributed by atoms with van der Waals surface area (Å²) in [5.41, 5.74) is 3.35. The van der Waals surface area contributed by atoms with E-state index < -0.39 is 10.0 Å². The van der Waals surface area contributed by atoms with Crippen LogP contribution in [0.2, 0.25) is 0 Å². The van der Waals surface area contributed by atoms with Crippen LogP contribution < -0.4 is 9.62 Å². The fourth-order valence-corrected chi connectivity index (χ4v) is 5.15. The zero-order valence-corrected chi connectivity index (χ0v) is 20.5. The first-order valence-electron chi connectivity index (χ1n) is 11.2. The molecule has 3 aromatic carbocycles. The first-order chi connectivity index (χ1) is 15.7. The SMILES string of the molecule is Cc1ccc(S(=O)(=O)N(CC(=O)NC(CC(C)C)c2ccccc2)c2cccc(C)c2)cc1. The van der Waals surface area contributed by atoms with Gasteiger partial charge >= 0.3 is 0 Å². The molecule has 33 heavy (non-hydrogen) atoms. The summed E-state index contributed by atoms with van der Waals surface area (Å²) in [7, 11) is -3.93. The van der Waals surface area contributed by atoms with Crippen LogP contribution in [-0.2, 0) is 14.8 Å². The number of nitrogens with zero attached hydrogens (tertiary/aromatic N) is 1. The lowest BCUT2D eigenvalue weighted by Gasteiger charge is -2.27. The number of nitrogens with one attached hydrogen (secondary N) is 1. The first-order valence-corrected chi connectivity index (χ1v) is 12.6. The molecule has 1 amide bonds. The number of anilines is 1. The largest absolute Gasteiger partial charge is 0.348 e. The molecule has 0 bridgehead atoms. The van der Waals surface area contributed by atoms with Gasteiger partial charge in [0.1, 0.15) is 6.54 Å². The minimum absolute atomic E-state index is 0.157. The van der Waals surface area contributed by atoms with E-state index >= 15 is 0 Å². The lowest BCUT2D eigenvalue weighted by molar-refractivity contribution is -0.120. The van der Waals surface area contributed by atoms with E-state index in [1.807, 2.05) is 50.2 Å². The Hall–Kier alpha value is -3.12. The quantitative estimate of drug-likeness (QED) is 0.461. The van der Waals surface area contributed by atoms with Crippen LogP contribution in [0.4, 0.5) is 5.69 Å². The smallest absolute Gasteiger partial charge is 0.264 e. The number of benzene rings is 3. The summed E-state index contributed by atoms with van der Waals surface area (Å²) >= 11 is 0. The number of hydrogen-bond acceptors (Lipinski definition) is 3. The summed E-state index contributed by atoms with van der Waals surface area (Å²) in [5, 5.41) is 3.07. The molecule has 0 heterocycles. The number of carbonyl (C=O) groups excluding carboxylic acids is 1. The van der Waals surface area contributed by atoms with E-state index in [1.165, 1.54) is 4.31 Å². The fourth-order valence-electron chi connectivity index (χ4n) is 3.74. The third-order valence-corrected chi connectivity index (χ3v) is 7.22. The lowest BCUT2D eigenvalue weighted by atomic mass is 9.97. The molecule has 0 aliphatic rings. The number of rotatable bonds is 9. The summed E-state index contributed by atoms with van der Waals surface area (Å²) in [4.78, 5) is 13.3. The Morgan fingerprint density at radius 1 is 0.879 bits per heavy atom. The Kier molecular flexibility index (Phi) is 7.92. The minimum atomic E-state index is -3.93. The fraction of sp³-hybridized carbons (Fsp3) is 0.296. The predicted molar refractivity (Wildman–Crippen MR) is 134 cm³/mol. The van der Waals surface area contributed by atoms with E-state index in [2.05, 4.69) is 19.2 Å². The number of hydrogen-bond donors (Lipinski definition) is 1. The lowest BCUT2D eigenvalue weighted by Crippen LogP contribution is -2.42. The van der Waals surface area contributed by atoms with Gasteiger partial charge in [-0.05, 0) is 61.6 Å². The molecule has 3 rings (SSSR count). The van der Waals surface area contributed by atoms with Crippen molar-refractivity contribution < 1.29 is 13.2 Å². The maximum Gasteiger partial charge on any atom is 0.264 e. The molecule has 3 aromatic rings. The van der Waals surface area contributed by atoms with Crippen LogP contribution in [0.15, 0.2) is 83.8 Å². The molecule has 0 saturated heterocycles. The Labute approximate surface area is 197 Å². The molecule has 1 N–H and O–H groups in total. The van der Waals surface area contributed by atoms with Crippen LogP contribution in [0.1, 0.15) is 43.0 Å². The van der Waals surface area contributed by atoms with Crippen LogP contribution >= 0.6 is 0 Å². The first kappa shape index (κ1) is 24.5. The molecule has 0 fully saturated rings. The van der Waals surface area contributed by atoms with Crippen molar-refractivity contribution in [2.45, 2.75) is 45.1 Å². The van der Waals surface area contributed by atoms with Crippen LogP contribution in [0, 0.1) is 19.8 Å². The molecule has 6 heteroatoms. The molecule has 0 aromatic heterocycles. The highest BCUT2D eigenvalue weighted by Gasteiger charge is 2.28. The van der Waals surface area contributed by atoms with E-state index in [0.717, 1.165) is 23.1 Å². The van der Waals surface area contributed by atoms with E-state index in [1.54, 1.807) is 42.5 Å². The van der Waals surface area contributed by atoms with Crippen LogP contribution in [0.25, 0.3) is 0 Å². The minimum Gasteiger partial charge on any atom is -0.348 e. The van der Waals surface area contributed by atoms with Crippen LogP contribution in [0.3, 0.4) is 0 Å². The molecule has 0 aliphatic carbocycles. The molecular weight excluding hydrogens is 432 g/mol. The second kappa shape index (κ2) is 10.7. The van der Waals surface area contributed by atoms with Gasteiger partial charge in [-0.2, -0.15) is 0 Å². The Morgan fingerprint density at radius 3 is 2.15 bits per heavy atom. The summed E-state index contributed by atoms with van der Waals surface area (Å²) in [5.74, 6) is 0.0152.